The molecule has 3 aliphatic carbocycles. The van der Waals surface area contributed by atoms with E-state index in [4.69, 9.17) is 0 Å². The second kappa shape index (κ2) is 9.01. The molecule has 0 aromatic rings. The van der Waals surface area contributed by atoms with Gasteiger partial charge in [0.1, 0.15) is 0 Å². The molecular weight excluding hydrogens is 336 g/mol. The summed E-state index contributed by atoms with van der Waals surface area (Å²) in [5, 5.41) is 0. The minimum Gasteiger partial charge on any atom is -0.0654 e. The summed E-state index contributed by atoms with van der Waals surface area (Å²) >= 11 is 0. The van der Waals surface area contributed by atoms with Crippen molar-refractivity contribution in [2.75, 3.05) is 0 Å². The third kappa shape index (κ3) is 4.37. The second-order valence-electron chi connectivity index (χ2n) is 12.3. The Morgan fingerprint density at radius 1 is 0.964 bits per heavy atom. The van der Waals surface area contributed by atoms with E-state index in [9.17, 15) is 0 Å². The van der Waals surface area contributed by atoms with E-state index in [1.54, 1.807) is 25.7 Å². The Bertz CT molecular complexity index is 492. The number of hydrogen-bond donors (Lipinski definition) is 0. The van der Waals surface area contributed by atoms with E-state index in [-0.39, 0.29) is 0 Å². The van der Waals surface area contributed by atoms with E-state index >= 15 is 0 Å². The molecule has 0 bridgehead atoms. The first-order chi connectivity index (χ1) is 13.3. The summed E-state index contributed by atoms with van der Waals surface area (Å²) in [5.74, 6) is 6.95. The zero-order valence-corrected chi connectivity index (χ0v) is 20.5. The van der Waals surface area contributed by atoms with Gasteiger partial charge in [-0.15, -0.1) is 0 Å². The van der Waals surface area contributed by atoms with Gasteiger partial charge in [0.25, 0.3) is 0 Å². The van der Waals surface area contributed by atoms with Gasteiger partial charge in [-0.2, -0.15) is 0 Å². The van der Waals surface area contributed by atoms with Crippen molar-refractivity contribution in [3.05, 3.63) is 0 Å². The zero-order valence-electron chi connectivity index (χ0n) is 20.5. The first-order valence-corrected chi connectivity index (χ1v) is 13.3. The first-order valence-electron chi connectivity index (χ1n) is 13.3. The van der Waals surface area contributed by atoms with Gasteiger partial charge in [-0.1, -0.05) is 80.6 Å². The third-order valence-electron chi connectivity index (χ3n) is 10.4. The Balaban J connectivity index is 1.58. The third-order valence-corrected chi connectivity index (χ3v) is 10.4. The van der Waals surface area contributed by atoms with Gasteiger partial charge in [-0.25, -0.2) is 0 Å². The molecule has 3 saturated carbocycles. The van der Waals surface area contributed by atoms with Crippen molar-refractivity contribution < 1.29 is 0 Å². The van der Waals surface area contributed by atoms with Crippen molar-refractivity contribution in [1.29, 1.82) is 0 Å². The molecule has 0 heterocycles. The Morgan fingerprint density at radius 3 is 2.21 bits per heavy atom. The van der Waals surface area contributed by atoms with Crippen molar-refractivity contribution in [3.63, 3.8) is 0 Å². The van der Waals surface area contributed by atoms with Crippen molar-refractivity contribution in [3.8, 4) is 0 Å². The van der Waals surface area contributed by atoms with Crippen LogP contribution in [-0.4, -0.2) is 0 Å². The van der Waals surface area contributed by atoms with E-state index in [1.807, 2.05) is 0 Å². The van der Waals surface area contributed by atoms with Crippen LogP contribution in [0.1, 0.15) is 126 Å². The van der Waals surface area contributed by atoms with Crippen LogP contribution in [0, 0.1) is 52.3 Å². The minimum absolute atomic E-state index is 0.663. The predicted octanol–water partition coefficient (Wildman–Crippen LogP) is 9.13. The predicted molar refractivity (Wildman–Crippen MR) is 124 cm³/mol. The Hall–Kier alpha value is 0. The molecule has 8 unspecified atom stereocenters. The van der Waals surface area contributed by atoms with Crippen LogP contribution in [0.15, 0.2) is 0 Å². The highest BCUT2D eigenvalue weighted by Gasteiger charge is 2.68. The lowest BCUT2D eigenvalue weighted by Gasteiger charge is -2.55. The van der Waals surface area contributed by atoms with Gasteiger partial charge >= 0.3 is 0 Å². The van der Waals surface area contributed by atoms with E-state index in [2.05, 4.69) is 48.5 Å². The van der Waals surface area contributed by atoms with Crippen LogP contribution < -0.4 is 0 Å². The monoisotopic (exact) mass is 388 g/mol. The normalized spacial score (nSPS) is 41.6. The lowest BCUT2D eigenvalue weighted by molar-refractivity contribution is -0.0613. The Kier molecular flexibility index (Phi) is 7.30. The Morgan fingerprint density at radius 2 is 1.71 bits per heavy atom. The average molecular weight is 389 g/mol. The van der Waals surface area contributed by atoms with Crippen LogP contribution >= 0.6 is 0 Å². The highest BCUT2D eigenvalue weighted by Crippen LogP contribution is 2.76. The van der Waals surface area contributed by atoms with Gasteiger partial charge in [-0.3, -0.25) is 0 Å². The van der Waals surface area contributed by atoms with E-state index in [0.29, 0.717) is 5.41 Å². The van der Waals surface area contributed by atoms with Crippen molar-refractivity contribution in [2.24, 2.45) is 52.3 Å². The average Bonchev–Trinajstić information content (AvgIpc) is 3.56. The lowest BCUT2D eigenvalue weighted by atomic mass is 9.49. The van der Waals surface area contributed by atoms with Crippen LogP contribution in [0.2, 0.25) is 0 Å². The fraction of sp³-hybridized carbons (Fsp3) is 1.00. The van der Waals surface area contributed by atoms with E-state index in [0.717, 1.165) is 46.8 Å². The van der Waals surface area contributed by atoms with Gasteiger partial charge in [-0.05, 0) is 97.2 Å². The molecule has 0 heteroatoms. The molecule has 0 aromatic heterocycles. The van der Waals surface area contributed by atoms with Gasteiger partial charge in [0.15, 0.2) is 0 Å². The van der Waals surface area contributed by atoms with Crippen LogP contribution in [0.4, 0.5) is 0 Å². The molecule has 0 spiro atoms. The van der Waals surface area contributed by atoms with E-state index < -0.39 is 0 Å². The second-order valence-corrected chi connectivity index (χ2v) is 12.3. The van der Waals surface area contributed by atoms with Crippen molar-refractivity contribution in [2.45, 2.75) is 126 Å². The largest absolute Gasteiger partial charge is 0.0654 e. The van der Waals surface area contributed by atoms with Gasteiger partial charge in [0, 0.05) is 0 Å². The Labute approximate surface area is 178 Å². The van der Waals surface area contributed by atoms with E-state index in [1.165, 1.54) is 51.4 Å². The molecule has 3 aliphatic rings. The molecule has 28 heavy (non-hydrogen) atoms. The maximum absolute atomic E-state index is 2.74. The SMILES string of the molecule is CCCCCC(C)C(C)CC1CCC1(C)C1(CCC2CC2CC)CC1C(C)C. The topological polar surface area (TPSA) is 0 Å². The number of rotatable bonds is 13. The zero-order chi connectivity index (χ0) is 20.5. The highest BCUT2D eigenvalue weighted by molar-refractivity contribution is 5.17. The fourth-order valence-corrected chi connectivity index (χ4v) is 7.54. The fourth-order valence-electron chi connectivity index (χ4n) is 7.54. The summed E-state index contributed by atoms with van der Waals surface area (Å²) in [4.78, 5) is 0. The standard InChI is InChI=1S/C28H52/c1-8-10-11-12-21(5)22(6)17-25-14-15-27(25,7)28(19-26(28)20(3)4)16-13-24-18-23(24)9-2/h20-26H,8-19H2,1-7H3. The molecule has 0 aliphatic heterocycles. The molecule has 0 N–H and O–H groups in total. The molecule has 3 rings (SSSR count). The highest BCUT2D eigenvalue weighted by atomic mass is 14.7. The summed E-state index contributed by atoms with van der Waals surface area (Å²) in [6.07, 6.45) is 17.9. The van der Waals surface area contributed by atoms with Crippen LogP contribution in [-0.2, 0) is 0 Å². The molecule has 0 saturated heterocycles. The number of hydrogen-bond acceptors (Lipinski definition) is 0. The maximum atomic E-state index is 2.74. The molecular formula is C28H52. The molecule has 0 aromatic carbocycles. The van der Waals surface area contributed by atoms with Gasteiger partial charge in [0.05, 0.1) is 0 Å². The van der Waals surface area contributed by atoms with Crippen LogP contribution in [0.3, 0.4) is 0 Å². The molecule has 0 radical (unpaired) electrons. The van der Waals surface area contributed by atoms with Gasteiger partial charge < -0.3 is 0 Å². The molecule has 8 atom stereocenters. The first kappa shape index (κ1) is 22.7. The quantitative estimate of drug-likeness (QED) is 0.276. The summed E-state index contributed by atoms with van der Waals surface area (Å²) in [7, 11) is 0. The van der Waals surface area contributed by atoms with Crippen LogP contribution in [0.5, 0.6) is 0 Å². The summed E-state index contributed by atoms with van der Waals surface area (Å²) in [6, 6.07) is 0. The summed E-state index contributed by atoms with van der Waals surface area (Å²) in [6.45, 7) is 17.6. The summed E-state index contributed by atoms with van der Waals surface area (Å²) < 4.78 is 0. The van der Waals surface area contributed by atoms with Crippen molar-refractivity contribution >= 4 is 0 Å². The molecule has 0 amide bonds. The molecule has 0 nitrogen and oxygen atoms in total. The van der Waals surface area contributed by atoms with Crippen molar-refractivity contribution in [1.82, 2.24) is 0 Å². The molecule has 3 fully saturated rings. The van der Waals surface area contributed by atoms with Crippen LogP contribution in [0.25, 0.3) is 0 Å². The lowest BCUT2D eigenvalue weighted by Crippen LogP contribution is -2.47. The van der Waals surface area contributed by atoms with Gasteiger partial charge in [0.2, 0.25) is 0 Å². The molecule has 164 valence electrons. The smallest absolute Gasteiger partial charge is 0.0207 e. The number of unbranched alkanes of at least 4 members (excludes halogenated alkanes) is 2. The maximum Gasteiger partial charge on any atom is -0.0207 e. The minimum atomic E-state index is 0.663. The summed E-state index contributed by atoms with van der Waals surface area (Å²) in [5.41, 5.74) is 1.38.